The maximum atomic E-state index is 11.8. The largest absolute Gasteiger partial charge is 0.347 e. The number of thioether (sulfide) groups is 1. The van der Waals surface area contributed by atoms with E-state index in [1.807, 2.05) is 23.2 Å². The molecule has 2 nitrogen and oxygen atoms in total. The molecule has 1 N–H and O–H groups in total. The molecular formula is C10H12INOS2. The second-order valence-corrected chi connectivity index (χ2v) is 8.56. The lowest BCUT2D eigenvalue weighted by Crippen LogP contribution is -2.56. The highest BCUT2D eigenvalue weighted by atomic mass is 127. The highest BCUT2D eigenvalue weighted by Crippen LogP contribution is 2.40. The number of hydrogen-bond donors (Lipinski definition) is 1. The van der Waals surface area contributed by atoms with Crippen molar-refractivity contribution in [3.8, 4) is 0 Å². The fraction of sp³-hybridized carbons (Fsp3) is 0.500. The first-order valence-corrected chi connectivity index (χ1v) is 7.62. The number of rotatable bonds is 2. The maximum Gasteiger partial charge on any atom is 0.252 e. The number of thiophene rings is 1. The van der Waals surface area contributed by atoms with Gasteiger partial charge in [0, 0.05) is 15.9 Å². The monoisotopic (exact) mass is 353 g/mol. The van der Waals surface area contributed by atoms with Crippen molar-refractivity contribution in [3.05, 3.63) is 19.9 Å². The Hall–Kier alpha value is 0.250. The topological polar surface area (TPSA) is 29.1 Å². The van der Waals surface area contributed by atoms with Gasteiger partial charge in [-0.1, -0.05) is 0 Å². The minimum absolute atomic E-state index is 0.0625. The molecule has 5 heteroatoms. The van der Waals surface area contributed by atoms with Crippen LogP contribution in [0.5, 0.6) is 0 Å². The zero-order chi connectivity index (χ0) is 11.1. The zero-order valence-electron chi connectivity index (χ0n) is 8.54. The van der Waals surface area contributed by atoms with Gasteiger partial charge in [-0.25, -0.2) is 0 Å². The van der Waals surface area contributed by atoms with Crippen molar-refractivity contribution in [2.75, 3.05) is 5.75 Å². The Balaban J connectivity index is 1.99. The van der Waals surface area contributed by atoms with Crippen LogP contribution >= 0.6 is 45.7 Å². The van der Waals surface area contributed by atoms with Crippen molar-refractivity contribution in [2.45, 2.75) is 24.6 Å². The van der Waals surface area contributed by atoms with Gasteiger partial charge in [0.25, 0.3) is 5.91 Å². The van der Waals surface area contributed by atoms with Crippen molar-refractivity contribution < 1.29 is 4.79 Å². The molecule has 0 saturated carbocycles. The van der Waals surface area contributed by atoms with Crippen LogP contribution in [0.2, 0.25) is 0 Å². The van der Waals surface area contributed by atoms with E-state index in [0.29, 0.717) is 6.04 Å². The summed E-state index contributed by atoms with van der Waals surface area (Å²) in [6.07, 6.45) is 0. The van der Waals surface area contributed by atoms with Crippen LogP contribution in [0.1, 0.15) is 24.2 Å². The third-order valence-electron chi connectivity index (χ3n) is 2.60. The van der Waals surface area contributed by atoms with Gasteiger partial charge < -0.3 is 5.32 Å². The Kier molecular flexibility index (Phi) is 3.33. The van der Waals surface area contributed by atoms with Gasteiger partial charge in [0.15, 0.2) is 0 Å². The van der Waals surface area contributed by atoms with Crippen LogP contribution in [0.3, 0.4) is 0 Å². The van der Waals surface area contributed by atoms with E-state index in [-0.39, 0.29) is 10.7 Å². The number of nitrogens with one attached hydrogen (secondary N) is 1. The van der Waals surface area contributed by atoms with Crippen LogP contribution in [0.25, 0.3) is 0 Å². The highest BCUT2D eigenvalue weighted by molar-refractivity contribution is 14.1. The lowest BCUT2D eigenvalue weighted by atomic mass is 10.0. The first-order chi connectivity index (χ1) is 6.99. The minimum atomic E-state index is 0.0625. The number of hydrogen-bond acceptors (Lipinski definition) is 3. The van der Waals surface area contributed by atoms with Gasteiger partial charge >= 0.3 is 0 Å². The molecule has 1 atom stereocenters. The molecule has 1 amide bonds. The van der Waals surface area contributed by atoms with Gasteiger partial charge in [0.05, 0.1) is 14.5 Å². The van der Waals surface area contributed by atoms with Crippen molar-refractivity contribution in [1.82, 2.24) is 5.32 Å². The van der Waals surface area contributed by atoms with Gasteiger partial charge in [-0.2, -0.15) is 11.8 Å². The standard InChI is InChI=1S/C10H12INOS2/c1-10(2)7(5-15-10)12-9(13)6-3-8(11)14-4-6/h3-4,7H,5H2,1-2H3,(H,12,13). The molecule has 15 heavy (non-hydrogen) atoms. The van der Waals surface area contributed by atoms with Crippen LogP contribution in [0.15, 0.2) is 11.4 Å². The first-order valence-electron chi connectivity index (χ1n) is 4.68. The Morgan fingerprint density at radius 2 is 2.40 bits per heavy atom. The summed E-state index contributed by atoms with van der Waals surface area (Å²) in [5, 5.41) is 4.99. The molecule has 1 aliphatic rings. The summed E-state index contributed by atoms with van der Waals surface area (Å²) < 4.78 is 1.35. The molecule has 0 radical (unpaired) electrons. The Bertz CT molecular complexity index is 389. The smallest absolute Gasteiger partial charge is 0.252 e. The normalized spacial score (nSPS) is 23.3. The lowest BCUT2D eigenvalue weighted by Gasteiger charge is -2.43. The molecule has 0 bridgehead atoms. The lowest BCUT2D eigenvalue weighted by molar-refractivity contribution is 0.0932. The molecule has 0 aromatic carbocycles. The molecule has 2 rings (SSSR count). The van der Waals surface area contributed by atoms with E-state index >= 15 is 0 Å². The molecule has 82 valence electrons. The minimum Gasteiger partial charge on any atom is -0.347 e. The summed E-state index contributed by atoms with van der Waals surface area (Å²) in [4.78, 5) is 11.8. The van der Waals surface area contributed by atoms with Crippen molar-refractivity contribution in [1.29, 1.82) is 0 Å². The molecule has 1 unspecified atom stereocenters. The van der Waals surface area contributed by atoms with Crippen LogP contribution in [-0.4, -0.2) is 22.4 Å². The van der Waals surface area contributed by atoms with Gasteiger partial charge in [-0.15, -0.1) is 11.3 Å². The second kappa shape index (κ2) is 4.25. The summed E-state index contributed by atoms with van der Waals surface area (Å²) in [7, 11) is 0. The SMILES string of the molecule is CC1(C)SCC1NC(=O)c1csc(I)c1. The fourth-order valence-electron chi connectivity index (χ4n) is 1.39. The van der Waals surface area contributed by atoms with Gasteiger partial charge in [-0.3, -0.25) is 4.79 Å². The van der Waals surface area contributed by atoms with Crippen LogP contribution in [0.4, 0.5) is 0 Å². The third-order valence-corrected chi connectivity index (χ3v) is 5.91. The van der Waals surface area contributed by atoms with E-state index in [9.17, 15) is 4.79 Å². The van der Waals surface area contributed by atoms with Crippen molar-refractivity contribution in [2.24, 2.45) is 0 Å². The number of carbonyl (C=O) groups is 1. The molecule has 0 aliphatic carbocycles. The number of amides is 1. The number of halogens is 1. The van der Waals surface area contributed by atoms with Crippen molar-refractivity contribution >= 4 is 51.6 Å². The van der Waals surface area contributed by atoms with E-state index in [2.05, 4.69) is 41.8 Å². The second-order valence-electron chi connectivity index (χ2n) is 4.08. The quantitative estimate of drug-likeness (QED) is 0.829. The van der Waals surface area contributed by atoms with E-state index in [4.69, 9.17) is 0 Å². The average molecular weight is 353 g/mol. The Morgan fingerprint density at radius 1 is 1.67 bits per heavy atom. The Morgan fingerprint density at radius 3 is 2.80 bits per heavy atom. The molecule has 1 fully saturated rings. The highest BCUT2D eigenvalue weighted by Gasteiger charge is 2.40. The summed E-state index contributed by atoms with van der Waals surface area (Å²) in [5.41, 5.74) is 0.789. The van der Waals surface area contributed by atoms with Gasteiger partial charge in [0.1, 0.15) is 0 Å². The predicted molar refractivity (Wildman–Crippen MR) is 74.8 cm³/mol. The summed E-state index contributed by atoms with van der Waals surface area (Å²) >= 11 is 5.74. The average Bonchev–Trinajstić information content (AvgIpc) is 2.59. The summed E-state index contributed by atoms with van der Waals surface area (Å²) in [6, 6.07) is 2.24. The molecule has 0 spiro atoms. The number of carbonyl (C=O) groups excluding carboxylic acids is 1. The molecule has 1 aliphatic heterocycles. The van der Waals surface area contributed by atoms with Gasteiger partial charge in [-0.05, 0) is 42.5 Å². The van der Waals surface area contributed by atoms with Crippen LogP contribution < -0.4 is 5.32 Å². The maximum absolute atomic E-state index is 11.8. The van der Waals surface area contributed by atoms with E-state index < -0.39 is 0 Å². The van der Waals surface area contributed by atoms with Crippen LogP contribution in [0, 0.1) is 2.88 Å². The third kappa shape index (κ3) is 2.50. The first kappa shape index (κ1) is 11.7. The summed E-state index contributed by atoms with van der Waals surface area (Å²) in [5.74, 6) is 1.09. The van der Waals surface area contributed by atoms with Crippen molar-refractivity contribution in [3.63, 3.8) is 0 Å². The molecule has 2 heterocycles. The molecule has 1 aromatic heterocycles. The Labute approximate surface area is 111 Å². The van der Waals surface area contributed by atoms with E-state index in [1.165, 1.54) is 0 Å². The van der Waals surface area contributed by atoms with Gasteiger partial charge in [0.2, 0.25) is 0 Å². The van der Waals surface area contributed by atoms with E-state index in [0.717, 1.165) is 14.2 Å². The fourth-order valence-corrected chi connectivity index (χ4v) is 3.85. The van der Waals surface area contributed by atoms with E-state index in [1.54, 1.807) is 11.3 Å². The molecular weight excluding hydrogens is 341 g/mol. The summed E-state index contributed by atoms with van der Waals surface area (Å²) in [6.45, 7) is 4.34. The zero-order valence-corrected chi connectivity index (χ0v) is 12.3. The predicted octanol–water partition coefficient (Wildman–Crippen LogP) is 2.98. The molecule has 1 saturated heterocycles. The van der Waals surface area contributed by atoms with Crippen LogP contribution in [-0.2, 0) is 0 Å². The molecule has 1 aromatic rings.